The molecule has 0 saturated carbocycles. The lowest BCUT2D eigenvalue weighted by Gasteiger charge is -2.20. The van der Waals surface area contributed by atoms with Gasteiger partial charge in [-0.05, 0) is 37.1 Å². The van der Waals surface area contributed by atoms with Crippen LogP contribution >= 0.6 is 0 Å². The molecule has 3 aromatic rings. The molecule has 0 aliphatic rings. The monoisotopic (exact) mass is 379 g/mol. The van der Waals surface area contributed by atoms with Crippen molar-refractivity contribution < 1.29 is 9.59 Å². The second kappa shape index (κ2) is 9.12. The van der Waals surface area contributed by atoms with E-state index in [0.29, 0.717) is 30.8 Å². The molecule has 0 fully saturated rings. The van der Waals surface area contributed by atoms with Crippen molar-refractivity contribution in [3.63, 3.8) is 0 Å². The van der Waals surface area contributed by atoms with Crippen LogP contribution in [0.4, 0.5) is 0 Å². The summed E-state index contributed by atoms with van der Waals surface area (Å²) in [7, 11) is 0. The summed E-state index contributed by atoms with van der Waals surface area (Å²) in [6, 6.07) is 11.0. The van der Waals surface area contributed by atoms with Gasteiger partial charge in [-0.2, -0.15) is 0 Å². The quantitative estimate of drug-likeness (QED) is 0.653. The predicted octanol–water partition coefficient (Wildman–Crippen LogP) is 2.92. The molecule has 3 aromatic heterocycles. The maximum absolute atomic E-state index is 13.1. The average Bonchev–Trinajstić information content (AvgIpc) is 3.12. The minimum absolute atomic E-state index is 0.142. The van der Waals surface area contributed by atoms with Gasteiger partial charge in [-0.25, -0.2) is 4.98 Å². The van der Waals surface area contributed by atoms with Crippen molar-refractivity contribution in [2.24, 2.45) is 0 Å². The average molecular weight is 379 g/mol. The van der Waals surface area contributed by atoms with Crippen molar-refractivity contribution in [2.75, 3.05) is 13.1 Å². The van der Waals surface area contributed by atoms with Gasteiger partial charge in [0.05, 0.1) is 17.8 Å². The van der Waals surface area contributed by atoms with Gasteiger partial charge in [0.15, 0.2) is 5.69 Å². The molecule has 0 aliphatic carbocycles. The standard InChI is InChI=1S/C21H25N5O2/c1-3-12-25(13-4-2)21(28)18-17-10-6-8-14-26(17)19(24-18)20(27)23-15-16-9-5-7-11-22-16/h5-11,14H,3-4,12-13,15H2,1-2H3,(H,23,27). The second-order valence-electron chi connectivity index (χ2n) is 6.54. The number of fused-ring (bicyclic) bond motifs is 1. The Hall–Kier alpha value is -3.22. The van der Waals surface area contributed by atoms with Gasteiger partial charge in [0.25, 0.3) is 11.8 Å². The van der Waals surface area contributed by atoms with Crippen LogP contribution in [-0.2, 0) is 6.54 Å². The summed E-state index contributed by atoms with van der Waals surface area (Å²) in [4.78, 5) is 36.2. The fraction of sp³-hybridized carbons (Fsp3) is 0.333. The minimum Gasteiger partial charge on any atom is -0.344 e. The number of rotatable bonds is 8. The van der Waals surface area contributed by atoms with Crippen LogP contribution in [0, 0.1) is 0 Å². The molecule has 2 amide bonds. The normalized spacial score (nSPS) is 10.8. The third-order valence-corrected chi connectivity index (χ3v) is 4.38. The molecule has 7 heteroatoms. The smallest absolute Gasteiger partial charge is 0.288 e. The maximum Gasteiger partial charge on any atom is 0.288 e. The second-order valence-corrected chi connectivity index (χ2v) is 6.54. The predicted molar refractivity (Wildman–Crippen MR) is 107 cm³/mol. The maximum atomic E-state index is 13.1. The number of hydrogen-bond acceptors (Lipinski definition) is 4. The molecule has 3 heterocycles. The van der Waals surface area contributed by atoms with Gasteiger partial charge in [-0.3, -0.25) is 19.0 Å². The van der Waals surface area contributed by atoms with E-state index in [0.717, 1.165) is 18.5 Å². The number of carbonyl (C=O) groups is 2. The first kappa shape index (κ1) is 19.5. The Morgan fingerprint density at radius 3 is 2.50 bits per heavy atom. The molecule has 0 saturated heterocycles. The number of imidazole rings is 1. The molecule has 0 spiro atoms. The number of nitrogens with one attached hydrogen (secondary N) is 1. The van der Waals surface area contributed by atoms with Gasteiger partial charge >= 0.3 is 0 Å². The van der Waals surface area contributed by atoms with Crippen LogP contribution in [0.25, 0.3) is 5.52 Å². The first-order chi connectivity index (χ1) is 13.7. The summed E-state index contributed by atoms with van der Waals surface area (Å²) in [5.41, 5.74) is 1.70. The molecule has 0 bridgehead atoms. The summed E-state index contributed by atoms with van der Waals surface area (Å²) in [5.74, 6) is -0.289. The third kappa shape index (κ3) is 4.19. The van der Waals surface area contributed by atoms with Crippen molar-refractivity contribution in [1.82, 2.24) is 24.6 Å². The molecule has 3 rings (SSSR count). The van der Waals surface area contributed by atoms with Crippen LogP contribution in [0.15, 0.2) is 48.8 Å². The van der Waals surface area contributed by atoms with E-state index in [2.05, 4.69) is 15.3 Å². The number of nitrogens with zero attached hydrogens (tertiary/aromatic N) is 4. The van der Waals surface area contributed by atoms with E-state index in [1.807, 2.05) is 50.2 Å². The van der Waals surface area contributed by atoms with Gasteiger partial charge in [0.2, 0.25) is 5.82 Å². The number of aromatic nitrogens is 3. The lowest BCUT2D eigenvalue weighted by molar-refractivity contribution is 0.0752. The highest BCUT2D eigenvalue weighted by Crippen LogP contribution is 2.16. The van der Waals surface area contributed by atoms with E-state index < -0.39 is 0 Å². The molecule has 1 N–H and O–H groups in total. The SMILES string of the molecule is CCCN(CCC)C(=O)c1nc(C(=O)NCc2ccccn2)n2ccccc12. The van der Waals surface area contributed by atoms with Crippen LogP contribution in [0.2, 0.25) is 0 Å². The Morgan fingerprint density at radius 1 is 1.07 bits per heavy atom. The highest BCUT2D eigenvalue weighted by molar-refractivity contribution is 6.02. The van der Waals surface area contributed by atoms with Crippen molar-refractivity contribution in [2.45, 2.75) is 33.2 Å². The number of amides is 2. The lowest BCUT2D eigenvalue weighted by Crippen LogP contribution is -2.33. The van der Waals surface area contributed by atoms with Crippen LogP contribution in [0.5, 0.6) is 0 Å². The largest absolute Gasteiger partial charge is 0.344 e. The van der Waals surface area contributed by atoms with Gasteiger partial charge in [-0.15, -0.1) is 0 Å². The first-order valence-corrected chi connectivity index (χ1v) is 9.60. The zero-order valence-electron chi connectivity index (χ0n) is 16.3. The molecule has 0 unspecified atom stereocenters. The Kier molecular flexibility index (Phi) is 6.37. The molecule has 0 radical (unpaired) electrons. The van der Waals surface area contributed by atoms with Crippen molar-refractivity contribution >= 4 is 17.3 Å². The van der Waals surface area contributed by atoms with Gasteiger partial charge < -0.3 is 10.2 Å². The first-order valence-electron chi connectivity index (χ1n) is 9.60. The summed E-state index contributed by atoms with van der Waals surface area (Å²) >= 11 is 0. The van der Waals surface area contributed by atoms with E-state index in [1.165, 1.54) is 0 Å². The van der Waals surface area contributed by atoms with E-state index in [1.54, 1.807) is 21.7 Å². The van der Waals surface area contributed by atoms with E-state index in [-0.39, 0.29) is 17.6 Å². The van der Waals surface area contributed by atoms with Crippen molar-refractivity contribution in [3.05, 3.63) is 66.0 Å². The molecule has 0 atom stereocenters. The molecule has 0 aromatic carbocycles. The van der Waals surface area contributed by atoms with E-state index in [9.17, 15) is 9.59 Å². The molecule has 0 aliphatic heterocycles. The zero-order valence-corrected chi connectivity index (χ0v) is 16.3. The Bertz CT molecular complexity index is 946. The van der Waals surface area contributed by atoms with Crippen molar-refractivity contribution in [1.29, 1.82) is 0 Å². The van der Waals surface area contributed by atoms with Crippen LogP contribution in [0.3, 0.4) is 0 Å². The summed E-state index contributed by atoms with van der Waals surface area (Å²) < 4.78 is 1.66. The summed E-state index contributed by atoms with van der Waals surface area (Å²) in [6.45, 7) is 5.71. The minimum atomic E-state index is -0.344. The highest BCUT2D eigenvalue weighted by atomic mass is 16.2. The van der Waals surface area contributed by atoms with E-state index >= 15 is 0 Å². The number of pyridine rings is 2. The zero-order chi connectivity index (χ0) is 19.9. The fourth-order valence-corrected chi connectivity index (χ4v) is 3.11. The molecular weight excluding hydrogens is 354 g/mol. The molecule has 7 nitrogen and oxygen atoms in total. The Labute approximate surface area is 164 Å². The van der Waals surface area contributed by atoms with Crippen LogP contribution < -0.4 is 5.32 Å². The number of carbonyl (C=O) groups excluding carboxylic acids is 2. The lowest BCUT2D eigenvalue weighted by atomic mass is 10.2. The van der Waals surface area contributed by atoms with Gasteiger partial charge in [0.1, 0.15) is 0 Å². The van der Waals surface area contributed by atoms with Gasteiger partial charge in [0, 0.05) is 25.5 Å². The highest BCUT2D eigenvalue weighted by Gasteiger charge is 2.24. The Balaban J connectivity index is 1.89. The van der Waals surface area contributed by atoms with Crippen molar-refractivity contribution in [3.8, 4) is 0 Å². The van der Waals surface area contributed by atoms with Crippen LogP contribution in [0.1, 0.15) is 53.5 Å². The summed E-state index contributed by atoms with van der Waals surface area (Å²) in [6.07, 6.45) is 5.17. The van der Waals surface area contributed by atoms with Gasteiger partial charge in [-0.1, -0.05) is 26.0 Å². The third-order valence-electron chi connectivity index (χ3n) is 4.38. The number of hydrogen-bond donors (Lipinski definition) is 1. The van der Waals surface area contributed by atoms with E-state index in [4.69, 9.17) is 0 Å². The topological polar surface area (TPSA) is 79.6 Å². The Morgan fingerprint density at radius 2 is 1.82 bits per heavy atom. The fourth-order valence-electron chi connectivity index (χ4n) is 3.11. The molecular formula is C21H25N5O2. The molecule has 146 valence electrons. The summed E-state index contributed by atoms with van der Waals surface area (Å²) in [5, 5.41) is 2.83. The molecule has 28 heavy (non-hydrogen) atoms. The van der Waals surface area contributed by atoms with Crippen LogP contribution in [-0.4, -0.2) is 44.2 Å².